The maximum atomic E-state index is 14.8. The third kappa shape index (κ3) is 4.26. The molecule has 2 aromatic heterocycles. The minimum absolute atomic E-state index is 0.0936. The SMILES string of the molecule is O=C(N1CCOCC1)N(Cc1ccc(-c2nnc(C(F)F)o2)cc1F)c1nncs1. The van der Waals surface area contributed by atoms with Crippen LogP contribution < -0.4 is 4.90 Å². The molecule has 0 N–H and O–H groups in total. The molecule has 13 heteroatoms. The fourth-order valence-electron chi connectivity index (χ4n) is 2.85. The zero-order chi connectivity index (χ0) is 21.1. The van der Waals surface area contributed by atoms with Crippen molar-refractivity contribution in [2.24, 2.45) is 0 Å². The Morgan fingerprint density at radius 2 is 2.03 bits per heavy atom. The van der Waals surface area contributed by atoms with Gasteiger partial charge in [0.1, 0.15) is 11.3 Å². The summed E-state index contributed by atoms with van der Waals surface area (Å²) in [6, 6.07) is 3.64. The number of halogens is 3. The largest absolute Gasteiger partial charge is 0.415 e. The van der Waals surface area contributed by atoms with Gasteiger partial charge in [0.25, 0.3) is 5.89 Å². The Morgan fingerprint density at radius 1 is 1.23 bits per heavy atom. The Labute approximate surface area is 172 Å². The Balaban J connectivity index is 1.57. The first-order valence-electron chi connectivity index (χ1n) is 8.83. The molecule has 0 spiro atoms. The maximum absolute atomic E-state index is 14.8. The number of rotatable bonds is 5. The van der Waals surface area contributed by atoms with Gasteiger partial charge in [0.05, 0.1) is 19.8 Å². The normalized spacial score (nSPS) is 14.3. The number of benzene rings is 1. The van der Waals surface area contributed by atoms with E-state index in [-0.39, 0.29) is 29.6 Å². The van der Waals surface area contributed by atoms with Gasteiger partial charge in [-0.2, -0.15) is 8.78 Å². The Morgan fingerprint density at radius 3 is 2.67 bits per heavy atom. The Hall–Kier alpha value is -3.06. The summed E-state index contributed by atoms with van der Waals surface area (Å²) in [4.78, 5) is 15.9. The highest BCUT2D eigenvalue weighted by Gasteiger charge is 2.27. The molecule has 1 aromatic carbocycles. The number of amides is 2. The van der Waals surface area contributed by atoms with Crippen LogP contribution in [0.5, 0.6) is 0 Å². The molecular formula is C17H15F3N6O3S. The standard InChI is InChI=1S/C17H15F3N6O3S/c18-12-7-10(14-22-23-15(29-14)13(19)20)1-2-11(12)8-26(16-24-21-9-30-16)17(27)25-3-5-28-6-4-25/h1-2,7,9,13H,3-6,8H2. The van der Waals surface area contributed by atoms with Crippen molar-refractivity contribution < 1.29 is 27.1 Å². The first-order valence-corrected chi connectivity index (χ1v) is 9.71. The van der Waals surface area contributed by atoms with Crippen molar-refractivity contribution in [2.75, 3.05) is 31.2 Å². The lowest BCUT2D eigenvalue weighted by molar-refractivity contribution is 0.0547. The van der Waals surface area contributed by atoms with Crippen molar-refractivity contribution in [3.8, 4) is 11.5 Å². The van der Waals surface area contributed by atoms with Crippen LogP contribution in [-0.4, -0.2) is 57.6 Å². The number of aromatic nitrogens is 4. The zero-order valence-electron chi connectivity index (χ0n) is 15.4. The first-order chi connectivity index (χ1) is 14.5. The van der Waals surface area contributed by atoms with Crippen LogP contribution in [0.4, 0.5) is 23.1 Å². The smallest absolute Gasteiger partial charge is 0.326 e. The van der Waals surface area contributed by atoms with E-state index in [1.807, 2.05) is 0 Å². The Bertz CT molecular complexity index is 1010. The number of ether oxygens (including phenoxy) is 1. The third-order valence-electron chi connectivity index (χ3n) is 4.35. The molecule has 158 valence electrons. The van der Waals surface area contributed by atoms with Crippen molar-refractivity contribution in [3.05, 3.63) is 41.0 Å². The van der Waals surface area contributed by atoms with Crippen molar-refractivity contribution in [1.82, 2.24) is 25.3 Å². The second-order valence-electron chi connectivity index (χ2n) is 6.24. The summed E-state index contributed by atoms with van der Waals surface area (Å²) in [7, 11) is 0. The van der Waals surface area contributed by atoms with E-state index >= 15 is 0 Å². The molecule has 9 nitrogen and oxygen atoms in total. The molecule has 30 heavy (non-hydrogen) atoms. The van der Waals surface area contributed by atoms with Gasteiger partial charge in [-0.1, -0.05) is 17.4 Å². The van der Waals surface area contributed by atoms with Crippen molar-refractivity contribution in [2.45, 2.75) is 13.0 Å². The number of carbonyl (C=O) groups is 1. The highest BCUT2D eigenvalue weighted by Crippen LogP contribution is 2.27. The van der Waals surface area contributed by atoms with Crippen LogP contribution in [-0.2, 0) is 11.3 Å². The molecule has 4 rings (SSSR count). The zero-order valence-corrected chi connectivity index (χ0v) is 16.2. The summed E-state index contributed by atoms with van der Waals surface area (Å²) in [5.41, 5.74) is 1.83. The fourth-order valence-corrected chi connectivity index (χ4v) is 3.40. The molecule has 0 bridgehead atoms. The summed E-state index contributed by atoms with van der Waals surface area (Å²) in [6.07, 6.45) is -2.91. The van der Waals surface area contributed by atoms with Crippen LogP contribution in [0.15, 0.2) is 28.1 Å². The van der Waals surface area contributed by atoms with E-state index in [1.54, 1.807) is 4.90 Å². The van der Waals surface area contributed by atoms with Crippen molar-refractivity contribution in [3.63, 3.8) is 0 Å². The van der Waals surface area contributed by atoms with Gasteiger partial charge in [0.15, 0.2) is 0 Å². The maximum Gasteiger partial charge on any atom is 0.326 e. The molecule has 3 aromatic rings. The van der Waals surface area contributed by atoms with Gasteiger partial charge in [0.2, 0.25) is 11.0 Å². The van der Waals surface area contributed by atoms with Crippen LogP contribution in [0.1, 0.15) is 17.9 Å². The highest BCUT2D eigenvalue weighted by atomic mass is 32.1. The summed E-state index contributed by atoms with van der Waals surface area (Å²) in [5.74, 6) is -1.72. The number of hydrogen-bond acceptors (Lipinski definition) is 8. The second-order valence-corrected chi connectivity index (χ2v) is 7.05. The quantitative estimate of drug-likeness (QED) is 0.601. The van der Waals surface area contributed by atoms with Crippen molar-refractivity contribution in [1.29, 1.82) is 0 Å². The first kappa shape index (κ1) is 20.2. The van der Waals surface area contributed by atoms with E-state index in [4.69, 9.17) is 9.15 Å². The molecule has 0 unspecified atom stereocenters. The topological polar surface area (TPSA) is 97.5 Å². The van der Waals surface area contributed by atoms with Crippen molar-refractivity contribution >= 4 is 22.5 Å². The summed E-state index contributed by atoms with van der Waals surface area (Å²) < 4.78 is 50.1. The minimum atomic E-state index is -2.91. The predicted molar refractivity (Wildman–Crippen MR) is 98.5 cm³/mol. The lowest BCUT2D eigenvalue weighted by Gasteiger charge is -2.31. The molecule has 1 aliphatic rings. The second kappa shape index (κ2) is 8.75. The molecule has 3 heterocycles. The van der Waals surface area contributed by atoms with E-state index in [0.29, 0.717) is 31.4 Å². The third-order valence-corrected chi connectivity index (χ3v) is 5.06. The van der Waals surface area contributed by atoms with Gasteiger partial charge in [-0.05, 0) is 12.1 Å². The van der Waals surface area contributed by atoms with Crippen LogP contribution in [0.3, 0.4) is 0 Å². The van der Waals surface area contributed by atoms with Crippen LogP contribution >= 0.6 is 11.3 Å². The lowest BCUT2D eigenvalue weighted by Crippen LogP contribution is -2.48. The average Bonchev–Trinajstić information content (AvgIpc) is 3.45. The lowest BCUT2D eigenvalue weighted by atomic mass is 10.1. The van der Waals surface area contributed by atoms with Gasteiger partial charge >= 0.3 is 12.5 Å². The molecule has 1 aliphatic heterocycles. The molecule has 0 atom stereocenters. The summed E-state index contributed by atoms with van der Waals surface area (Å²) >= 11 is 1.15. The number of carbonyl (C=O) groups excluding carboxylic acids is 1. The molecule has 0 saturated carbocycles. The molecule has 1 saturated heterocycles. The number of nitrogens with zero attached hydrogens (tertiary/aromatic N) is 6. The van der Waals surface area contributed by atoms with Gasteiger partial charge in [-0.25, -0.2) is 9.18 Å². The number of anilines is 1. The minimum Gasteiger partial charge on any atom is -0.415 e. The monoisotopic (exact) mass is 440 g/mol. The average molecular weight is 440 g/mol. The molecule has 1 fully saturated rings. The molecule has 0 aliphatic carbocycles. The molecule has 2 amide bonds. The summed E-state index contributed by atoms with van der Waals surface area (Å²) in [5, 5.41) is 14.7. The van der Waals surface area contributed by atoms with E-state index in [0.717, 1.165) is 17.4 Å². The molecular weight excluding hydrogens is 425 g/mol. The fraction of sp³-hybridized carbons (Fsp3) is 0.353. The number of urea groups is 1. The number of alkyl halides is 2. The number of hydrogen-bond donors (Lipinski definition) is 0. The van der Waals surface area contributed by atoms with Crippen LogP contribution in [0.2, 0.25) is 0 Å². The Kier molecular flexibility index (Phi) is 5.90. The highest BCUT2D eigenvalue weighted by molar-refractivity contribution is 7.13. The van der Waals surface area contributed by atoms with E-state index in [2.05, 4.69) is 20.4 Å². The molecule has 0 radical (unpaired) electrons. The van der Waals surface area contributed by atoms with Gasteiger partial charge in [0, 0.05) is 24.2 Å². The van der Waals surface area contributed by atoms with Crippen LogP contribution in [0, 0.1) is 5.82 Å². The number of morpholine rings is 1. The van der Waals surface area contributed by atoms with Gasteiger partial charge < -0.3 is 14.1 Å². The predicted octanol–water partition coefficient (Wildman–Crippen LogP) is 3.12. The van der Waals surface area contributed by atoms with E-state index in [9.17, 15) is 18.0 Å². The van der Waals surface area contributed by atoms with Gasteiger partial charge in [-0.3, -0.25) is 4.90 Å². The van der Waals surface area contributed by atoms with E-state index < -0.39 is 18.1 Å². The summed E-state index contributed by atoms with van der Waals surface area (Å²) in [6.45, 7) is 1.58. The van der Waals surface area contributed by atoms with E-state index in [1.165, 1.54) is 22.5 Å². The van der Waals surface area contributed by atoms with Crippen LogP contribution in [0.25, 0.3) is 11.5 Å². The van der Waals surface area contributed by atoms with Gasteiger partial charge in [-0.15, -0.1) is 20.4 Å².